The third kappa shape index (κ3) is 2.84. The zero-order valence-electron chi connectivity index (χ0n) is 9.78. The van der Waals surface area contributed by atoms with E-state index >= 15 is 0 Å². The highest BCUT2D eigenvalue weighted by molar-refractivity contribution is 5.44. The number of nitrogen functional groups attached to an aromatic ring is 1. The second-order valence-corrected chi connectivity index (χ2v) is 4.37. The van der Waals surface area contributed by atoms with Gasteiger partial charge >= 0.3 is 0 Å². The van der Waals surface area contributed by atoms with E-state index in [1.807, 2.05) is 0 Å². The molecule has 1 aliphatic carbocycles. The van der Waals surface area contributed by atoms with E-state index in [1.54, 1.807) is 0 Å². The number of hydrogen-bond acceptors (Lipinski definition) is 4. The molecule has 4 heteroatoms. The van der Waals surface area contributed by atoms with Crippen LogP contribution in [0, 0.1) is 5.92 Å². The van der Waals surface area contributed by atoms with Crippen LogP contribution in [-0.2, 0) is 6.42 Å². The van der Waals surface area contributed by atoms with Crippen molar-refractivity contribution >= 4 is 5.82 Å². The maximum Gasteiger partial charge on any atom is 0.221 e. The van der Waals surface area contributed by atoms with Crippen LogP contribution in [0.4, 0.5) is 5.82 Å². The first-order chi connectivity index (χ1) is 7.81. The number of nitrogens with zero attached hydrogens (tertiary/aromatic N) is 2. The van der Waals surface area contributed by atoms with Crippen LogP contribution in [0.25, 0.3) is 0 Å². The molecule has 1 aliphatic rings. The van der Waals surface area contributed by atoms with Gasteiger partial charge < -0.3 is 10.5 Å². The molecule has 0 radical (unpaired) electrons. The predicted octanol–water partition coefficient (Wildman–Crippen LogP) is 2.19. The smallest absolute Gasteiger partial charge is 0.221 e. The lowest BCUT2D eigenvalue weighted by molar-refractivity contribution is 0.287. The summed E-state index contributed by atoms with van der Waals surface area (Å²) in [5.74, 6) is 2.11. The second-order valence-electron chi connectivity index (χ2n) is 4.37. The molecule has 1 fully saturated rings. The molecule has 16 heavy (non-hydrogen) atoms. The third-order valence-electron chi connectivity index (χ3n) is 2.90. The second kappa shape index (κ2) is 5.14. The summed E-state index contributed by atoms with van der Waals surface area (Å²) in [4.78, 5) is 8.16. The first kappa shape index (κ1) is 11.2. The summed E-state index contributed by atoms with van der Waals surface area (Å²) in [5, 5.41) is 0. The fraction of sp³-hybridized carbons (Fsp3) is 0.667. The van der Waals surface area contributed by atoms with Crippen LogP contribution in [-0.4, -0.2) is 16.6 Å². The monoisotopic (exact) mass is 221 g/mol. The molecule has 0 unspecified atom stereocenters. The number of hydrogen-bond donors (Lipinski definition) is 1. The Morgan fingerprint density at radius 3 is 2.94 bits per heavy atom. The molecule has 88 valence electrons. The average molecular weight is 221 g/mol. The van der Waals surface area contributed by atoms with Gasteiger partial charge in [-0.3, -0.25) is 0 Å². The van der Waals surface area contributed by atoms with E-state index in [2.05, 4.69) is 16.9 Å². The van der Waals surface area contributed by atoms with Crippen LogP contribution in [0.2, 0.25) is 0 Å². The highest BCUT2D eigenvalue weighted by atomic mass is 16.5. The SMILES string of the molecule is CCCc1c(N)ncnc1OCCC1CC1. The van der Waals surface area contributed by atoms with Crippen molar-refractivity contribution in [3.63, 3.8) is 0 Å². The Hall–Kier alpha value is -1.32. The van der Waals surface area contributed by atoms with Crippen molar-refractivity contribution < 1.29 is 4.74 Å². The van der Waals surface area contributed by atoms with Crippen LogP contribution >= 0.6 is 0 Å². The molecule has 1 heterocycles. The molecule has 2 N–H and O–H groups in total. The molecule has 0 aliphatic heterocycles. The van der Waals surface area contributed by atoms with Crippen LogP contribution in [0.5, 0.6) is 5.88 Å². The fourth-order valence-corrected chi connectivity index (χ4v) is 1.75. The molecule has 1 saturated carbocycles. The van der Waals surface area contributed by atoms with Crippen LogP contribution in [0.3, 0.4) is 0 Å². The molecule has 0 aromatic carbocycles. The van der Waals surface area contributed by atoms with Gasteiger partial charge in [-0.05, 0) is 18.8 Å². The van der Waals surface area contributed by atoms with Crippen molar-refractivity contribution in [2.24, 2.45) is 5.92 Å². The average Bonchev–Trinajstić information content (AvgIpc) is 3.07. The first-order valence-corrected chi connectivity index (χ1v) is 6.03. The first-order valence-electron chi connectivity index (χ1n) is 6.03. The Labute approximate surface area is 96.2 Å². The number of rotatable bonds is 6. The summed E-state index contributed by atoms with van der Waals surface area (Å²) < 4.78 is 5.69. The van der Waals surface area contributed by atoms with E-state index in [0.29, 0.717) is 11.7 Å². The minimum Gasteiger partial charge on any atom is -0.477 e. The van der Waals surface area contributed by atoms with E-state index in [9.17, 15) is 0 Å². The summed E-state index contributed by atoms with van der Waals surface area (Å²) in [7, 11) is 0. The molecule has 0 spiro atoms. The van der Waals surface area contributed by atoms with Crippen LogP contribution in [0.1, 0.15) is 38.2 Å². The molecule has 1 aromatic heterocycles. The fourth-order valence-electron chi connectivity index (χ4n) is 1.75. The summed E-state index contributed by atoms with van der Waals surface area (Å²) >= 11 is 0. The Morgan fingerprint density at radius 2 is 2.25 bits per heavy atom. The Morgan fingerprint density at radius 1 is 1.44 bits per heavy atom. The van der Waals surface area contributed by atoms with Gasteiger partial charge in [-0.1, -0.05) is 26.2 Å². The maximum absolute atomic E-state index is 5.82. The number of aromatic nitrogens is 2. The highest BCUT2D eigenvalue weighted by Crippen LogP contribution is 2.32. The summed E-state index contributed by atoms with van der Waals surface area (Å²) in [6, 6.07) is 0. The Balaban J connectivity index is 1.96. The molecule has 1 aromatic rings. The summed E-state index contributed by atoms with van der Waals surface area (Å²) in [6.07, 6.45) is 7.23. The zero-order valence-corrected chi connectivity index (χ0v) is 9.78. The lowest BCUT2D eigenvalue weighted by atomic mass is 10.2. The van der Waals surface area contributed by atoms with Gasteiger partial charge in [-0.15, -0.1) is 0 Å². The van der Waals surface area contributed by atoms with Crippen molar-refractivity contribution in [2.45, 2.75) is 39.0 Å². The lowest BCUT2D eigenvalue weighted by Crippen LogP contribution is -2.06. The van der Waals surface area contributed by atoms with E-state index in [4.69, 9.17) is 10.5 Å². The van der Waals surface area contributed by atoms with E-state index < -0.39 is 0 Å². The number of nitrogens with two attached hydrogens (primary N) is 1. The zero-order chi connectivity index (χ0) is 11.4. The number of ether oxygens (including phenoxy) is 1. The van der Waals surface area contributed by atoms with E-state index in [-0.39, 0.29) is 0 Å². The molecule has 0 atom stereocenters. The van der Waals surface area contributed by atoms with E-state index in [1.165, 1.54) is 19.2 Å². The van der Waals surface area contributed by atoms with Gasteiger partial charge in [0.05, 0.1) is 12.2 Å². The largest absolute Gasteiger partial charge is 0.477 e. The van der Waals surface area contributed by atoms with Gasteiger partial charge in [0, 0.05) is 0 Å². The molecule has 0 bridgehead atoms. The molecule has 4 nitrogen and oxygen atoms in total. The Kier molecular flexibility index (Phi) is 3.59. The van der Waals surface area contributed by atoms with Crippen LogP contribution < -0.4 is 10.5 Å². The highest BCUT2D eigenvalue weighted by Gasteiger charge is 2.21. The standard InChI is InChI=1S/C12H19N3O/c1-2-3-10-11(13)14-8-15-12(10)16-7-6-9-4-5-9/h8-9H,2-7H2,1H3,(H2,13,14,15). The lowest BCUT2D eigenvalue weighted by Gasteiger charge is -2.10. The third-order valence-corrected chi connectivity index (χ3v) is 2.90. The molecule has 0 saturated heterocycles. The van der Waals surface area contributed by atoms with Gasteiger partial charge in [0.15, 0.2) is 0 Å². The molecular weight excluding hydrogens is 202 g/mol. The predicted molar refractivity (Wildman–Crippen MR) is 63.3 cm³/mol. The van der Waals surface area contributed by atoms with Crippen molar-refractivity contribution in [2.75, 3.05) is 12.3 Å². The van der Waals surface area contributed by atoms with E-state index in [0.717, 1.165) is 37.4 Å². The minimum absolute atomic E-state index is 0.554. The van der Waals surface area contributed by atoms with Gasteiger partial charge in [-0.2, -0.15) is 0 Å². The van der Waals surface area contributed by atoms with Crippen molar-refractivity contribution in [3.05, 3.63) is 11.9 Å². The number of anilines is 1. The minimum atomic E-state index is 0.554. The van der Waals surface area contributed by atoms with Crippen LogP contribution in [0.15, 0.2) is 6.33 Å². The molecule has 2 rings (SSSR count). The summed E-state index contributed by atoms with van der Waals surface area (Å²) in [6.45, 7) is 2.86. The molecular formula is C12H19N3O. The van der Waals surface area contributed by atoms with Gasteiger partial charge in [0.2, 0.25) is 5.88 Å². The topological polar surface area (TPSA) is 61.0 Å². The van der Waals surface area contributed by atoms with Crippen molar-refractivity contribution in [3.8, 4) is 5.88 Å². The van der Waals surface area contributed by atoms with Crippen molar-refractivity contribution in [1.82, 2.24) is 9.97 Å². The summed E-state index contributed by atoms with van der Waals surface area (Å²) in [5.41, 5.74) is 6.78. The normalized spacial score (nSPS) is 15.1. The van der Waals surface area contributed by atoms with Gasteiger partial charge in [0.1, 0.15) is 12.1 Å². The molecule has 0 amide bonds. The van der Waals surface area contributed by atoms with Crippen molar-refractivity contribution in [1.29, 1.82) is 0 Å². The Bertz CT molecular complexity index is 350. The van der Waals surface area contributed by atoms with Gasteiger partial charge in [0.25, 0.3) is 0 Å². The maximum atomic E-state index is 5.82. The van der Waals surface area contributed by atoms with Gasteiger partial charge in [-0.25, -0.2) is 9.97 Å². The quantitative estimate of drug-likeness (QED) is 0.800.